The van der Waals surface area contributed by atoms with E-state index in [1.807, 2.05) is 30.6 Å². The average Bonchev–Trinajstić information content (AvgIpc) is 3.68. The van der Waals surface area contributed by atoms with E-state index >= 15 is 0 Å². The van der Waals surface area contributed by atoms with E-state index < -0.39 is 0 Å². The van der Waals surface area contributed by atoms with Gasteiger partial charge in [0.2, 0.25) is 0 Å². The van der Waals surface area contributed by atoms with Crippen LogP contribution < -0.4 is 10.2 Å². The van der Waals surface area contributed by atoms with Gasteiger partial charge in [0.15, 0.2) is 0 Å². The molecule has 0 amide bonds. The number of pyridine rings is 1. The minimum atomic E-state index is -0.246. The highest BCUT2D eigenvalue weighted by Crippen LogP contribution is 2.51. The molecule has 0 saturated carbocycles. The topological polar surface area (TPSA) is 46.2 Å². The minimum Gasteiger partial charge on any atom is -0.455 e. The van der Waals surface area contributed by atoms with Crippen LogP contribution in [0.15, 0.2) is 150 Å². The molecule has 0 atom stereocenters. The largest absolute Gasteiger partial charge is 0.455 e. The Balaban J connectivity index is 1.14. The second-order valence-corrected chi connectivity index (χ2v) is 13.3. The molecule has 230 valence electrons. The molecular formula is C43H32N4O. The summed E-state index contributed by atoms with van der Waals surface area (Å²) in [6.07, 6.45) is 8.00. The van der Waals surface area contributed by atoms with Crippen molar-refractivity contribution >= 4 is 55.2 Å². The van der Waals surface area contributed by atoms with E-state index in [1.54, 1.807) is 0 Å². The fourth-order valence-corrected chi connectivity index (χ4v) is 7.95. The molecule has 2 aliphatic heterocycles. The Morgan fingerprint density at radius 2 is 1.56 bits per heavy atom. The van der Waals surface area contributed by atoms with Crippen LogP contribution in [0.1, 0.15) is 25.0 Å². The number of anilines is 2. The van der Waals surface area contributed by atoms with Crippen LogP contribution >= 0.6 is 0 Å². The highest BCUT2D eigenvalue weighted by molar-refractivity contribution is 6.25. The molecule has 10 rings (SSSR count). The number of allylic oxidation sites excluding steroid dienone is 2. The van der Waals surface area contributed by atoms with Gasteiger partial charge in [0.05, 0.1) is 28.7 Å². The lowest BCUT2D eigenvalue weighted by atomic mass is 9.73. The first-order valence-electron chi connectivity index (χ1n) is 16.5. The number of fused-ring (bicyclic) bond motifs is 9. The Bertz CT molecular complexity index is 2640. The van der Waals surface area contributed by atoms with E-state index in [9.17, 15) is 0 Å². The summed E-state index contributed by atoms with van der Waals surface area (Å²) >= 11 is 0. The van der Waals surface area contributed by atoms with Gasteiger partial charge in [-0.1, -0.05) is 74.5 Å². The van der Waals surface area contributed by atoms with Crippen molar-refractivity contribution in [2.75, 3.05) is 11.4 Å². The van der Waals surface area contributed by atoms with Gasteiger partial charge < -0.3 is 14.3 Å². The third kappa shape index (κ3) is 3.76. The summed E-state index contributed by atoms with van der Waals surface area (Å²) in [7, 11) is 0. The normalized spacial score (nSPS) is 14.8. The quantitative estimate of drug-likeness (QED) is 0.213. The molecule has 0 aliphatic carbocycles. The smallest absolute Gasteiger partial charge is 0.145 e. The number of hydrogen-bond donors (Lipinski definition) is 1. The number of aromatic nitrogens is 2. The zero-order valence-corrected chi connectivity index (χ0v) is 26.7. The third-order valence-electron chi connectivity index (χ3n) is 10.3. The van der Waals surface area contributed by atoms with Crippen molar-refractivity contribution in [1.82, 2.24) is 14.9 Å². The lowest BCUT2D eigenvalue weighted by Gasteiger charge is -2.35. The number of para-hydroxylation sites is 2. The maximum atomic E-state index is 6.61. The maximum Gasteiger partial charge on any atom is 0.145 e. The summed E-state index contributed by atoms with van der Waals surface area (Å²) in [6.45, 7) is 5.47. The van der Waals surface area contributed by atoms with E-state index in [-0.39, 0.29) is 5.41 Å². The highest BCUT2D eigenvalue weighted by Gasteiger charge is 2.37. The van der Waals surface area contributed by atoms with Crippen LogP contribution in [0.2, 0.25) is 0 Å². The zero-order valence-electron chi connectivity index (χ0n) is 26.7. The van der Waals surface area contributed by atoms with Crippen molar-refractivity contribution in [2.24, 2.45) is 0 Å². The number of dihydropyridines is 1. The van der Waals surface area contributed by atoms with Gasteiger partial charge in [-0.25, -0.2) is 4.98 Å². The summed E-state index contributed by atoms with van der Waals surface area (Å²) in [6, 6.07) is 41.4. The van der Waals surface area contributed by atoms with Crippen LogP contribution in [0.5, 0.6) is 0 Å². The van der Waals surface area contributed by atoms with E-state index in [4.69, 9.17) is 4.42 Å². The van der Waals surface area contributed by atoms with Crippen LogP contribution in [-0.4, -0.2) is 16.1 Å². The molecule has 5 heteroatoms. The fraction of sp³-hybridized carbons (Fsp3) is 0.0930. The number of rotatable bonds is 4. The van der Waals surface area contributed by atoms with Gasteiger partial charge in [-0.3, -0.25) is 4.90 Å². The molecule has 2 aliphatic rings. The number of hydrogen-bond acceptors (Lipinski definition) is 4. The molecule has 0 saturated heterocycles. The van der Waals surface area contributed by atoms with Crippen LogP contribution in [0.25, 0.3) is 60.6 Å². The van der Waals surface area contributed by atoms with Gasteiger partial charge in [-0.05, 0) is 95.2 Å². The van der Waals surface area contributed by atoms with Gasteiger partial charge in [-0.2, -0.15) is 0 Å². The fourth-order valence-electron chi connectivity index (χ4n) is 7.95. The lowest BCUT2D eigenvalue weighted by Crippen LogP contribution is -2.26. The van der Waals surface area contributed by atoms with Crippen molar-refractivity contribution < 1.29 is 4.42 Å². The molecule has 0 spiro atoms. The molecule has 5 aromatic carbocycles. The first kappa shape index (κ1) is 27.1. The monoisotopic (exact) mass is 620 g/mol. The van der Waals surface area contributed by atoms with Crippen molar-refractivity contribution in [3.05, 3.63) is 157 Å². The van der Waals surface area contributed by atoms with Crippen molar-refractivity contribution in [2.45, 2.75) is 19.3 Å². The number of nitrogens with one attached hydrogen (secondary N) is 1. The molecule has 48 heavy (non-hydrogen) atoms. The second-order valence-electron chi connectivity index (χ2n) is 13.3. The Morgan fingerprint density at radius 1 is 0.771 bits per heavy atom. The molecule has 0 bridgehead atoms. The standard InChI is InChI=1S/C43H32N4O/c1-43(2)34-24-28(27-16-19-29(20-17-27)46(30-10-9-22-44-26-30)39-15-7-8-23-45-39)18-21-37(34)47-36-13-5-3-12-32(36)40-41(47)35(43)25-33-31-11-4-6-14-38(31)48-42(33)40/h3-25,44H,26H2,1-2H3. The molecule has 5 nitrogen and oxygen atoms in total. The maximum absolute atomic E-state index is 6.61. The Labute approximate surface area is 278 Å². The highest BCUT2D eigenvalue weighted by atomic mass is 16.3. The lowest BCUT2D eigenvalue weighted by molar-refractivity contribution is 0.630. The number of benzene rings is 5. The molecule has 3 aromatic heterocycles. The summed E-state index contributed by atoms with van der Waals surface area (Å²) in [4.78, 5) is 6.90. The molecule has 0 unspecified atom stereocenters. The van der Waals surface area contributed by atoms with Crippen molar-refractivity contribution in [3.8, 4) is 16.8 Å². The number of furan rings is 1. The van der Waals surface area contributed by atoms with E-state index in [0.717, 1.165) is 40.3 Å². The van der Waals surface area contributed by atoms with Gasteiger partial charge in [0, 0.05) is 39.2 Å². The number of nitrogens with zero attached hydrogens (tertiary/aromatic N) is 3. The molecule has 0 fully saturated rings. The molecular weight excluding hydrogens is 589 g/mol. The van der Waals surface area contributed by atoms with Crippen LogP contribution in [0.3, 0.4) is 0 Å². The molecule has 1 N–H and O–H groups in total. The van der Waals surface area contributed by atoms with Crippen molar-refractivity contribution in [3.63, 3.8) is 0 Å². The van der Waals surface area contributed by atoms with E-state index in [2.05, 4.69) is 143 Å². The summed E-state index contributed by atoms with van der Waals surface area (Å²) < 4.78 is 9.07. The van der Waals surface area contributed by atoms with E-state index in [1.165, 1.54) is 55.1 Å². The molecule has 8 aromatic rings. The first-order valence-corrected chi connectivity index (χ1v) is 16.5. The Kier molecular flexibility index (Phi) is 5.62. The van der Waals surface area contributed by atoms with Crippen LogP contribution in [0.4, 0.5) is 11.5 Å². The SMILES string of the molecule is CC1(C)c2cc(-c3ccc(N(C4=CC=CNC4)c4ccccn4)cc3)ccc2-n2c3ccccc3c3c4oc5ccccc5c4cc1c32. The summed E-state index contributed by atoms with van der Waals surface area (Å²) in [5.74, 6) is 0.896. The molecule has 5 heterocycles. The summed E-state index contributed by atoms with van der Waals surface area (Å²) in [5, 5.41) is 8.10. The van der Waals surface area contributed by atoms with Gasteiger partial charge in [-0.15, -0.1) is 0 Å². The third-order valence-corrected chi connectivity index (χ3v) is 10.3. The van der Waals surface area contributed by atoms with Crippen LogP contribution in [-0.2, 0) is 5.41 Å². The Hall–Kier alpha value is -6.07. The first-order chi connectivity index (χ1) is 23.6. The minimum absolute atomic E-state index is 0.246. The summed E-state index contributed by atoms with van der Waals surface area (Å²) in [5.41, 5.74) is 12.5. The zero-order chi connectivity index (χ0) is 32.0. The van der Waals surface area contributed by atoms with Crippen molar-refractivity contribution in [1.29, 1.82) is 0 Å². The van der Waals surface area contributed by atoms with Gasteiger partial charge in [0.1, 0.15) is 17.0 Å². The average molecular weight is 621 g/mol. The second kappa shape index (κ2) is 9.96. The van der Waals surface area contributed by atoms with Gasteiger partial charge in [0.25, 0.3) is 0 Å². The van der Waals surface area contributed by atoms with Gasteiger partial charge >= 0.3 is 0 Å². The van der Waals surface area contributed by atoms with Crippen LogP contribution in [0, 0.1) is 0 Å². The predicted molar refractivity (Wildman–Crippen MR) is 197 cm³/mol. The Morgan fingerprint density at radius 3 is 2.38 bits per heavy atom. The van der Waals surface area contributed by atoms with E-state index in [0.29, 0.717) is 0 Å². The predicted octanol–water partition coefficient (Wildman–Crippen LogP) is 10.5. The molecule has 0 radical (unpaired) electrons.